The van der Waals surface area contributed by atoms with E-state index < -0.39 is 5.97 Å². The fourth-order valence-electron chi connectivity index (χ4n) is 1.71. The highest BCUT2D eigenvalue weighted by Gasteiger charge is 2.10. The lowest BCUT2D eigenvalue weighted by Crippen LogP contribution is -2.24. The lowest BCUT2D eigenvalue weighted by Gasteiger charge is -2.08. The third-order valence-corrected chi connectivity index (χ3v) is 2.70. The lowest BCUT2D eigenvalue weighted by atomic mass is 10.1. The Labute approximate surface area is 112 Å². The van der Waals surface area contributed by atoms with Gasteiger partial charge in [0, 0.05) is 13.0 Å². The fraction of sp³-hybridized carbons (Fsp3) is 0.429. The van der Waals surface area contributed by atoms with Gasteiger partial charge in [0.15, 0.2) is 0 Å². The molecule has 0 aliphatic rings. The first kappa shape index (κ1) is 15.0. The first-order valence-corrected chi connectivity index (χ1v) is 6.28. The summed E-state index contributed by atoms with van der Waals surface area (Å²) in [6, 6.07) is 7.03. The number of nitrogens with one attached hydrogen (secondary N) is 1. The van der Waals surface area contributed by atoms with Crippen molar-refractivity contribution >= 4 is 11.9 Å². The number of carbonyl (C=O) groups excluding carboxylic acids is 1. The number of amides is 1. The van der Waals surface area contributed by atoms with E-state index in [1.807, 2.05) is 6.07 Å². The van der Waals surface area contributed by atoms with Gasteiger partial charge in [-0.05, 0) is 25.0 Å². The summed E-state index contributed by atoms with van der Waals surface area (Å²) >= 11 is 0. The van der Waals surface area contributed by atoms with Crippen LogP contribution in [0.3, 0.4) is 0 Å². The number of aliphatic carboxylic acids is 1. The Morgan fingerprint density at radius 3 is 2.63 bits per heavy atom. The van der Waals surface area contributed by atoms with Crippen LogP contribution in [0, 0.1) is 0 Å². The largest absolute Gasteiger partial charge is 0.496 e. The van der Waals surface area contributed by atoms with Crippen LogP contribution in [-0.2, 0) is 4.79 Å². The molecule has 0 fully saturated rings. The summed E-state index contributed by atoms with van der Waals surface area (Å²) < 4.78 is 5.11. The van der Waals surface area contributed by atoms with Crippen LogP contribution in [0.5, 0.6) is 5.75 Å². The second-order valence-electron chi connectivity index (χ2n) is 4.16. The minimum Gasteiger partial charge on any atom is -0.496 e. The number of rotatable bonds is 8. The average Bonchev–Trinajstić information content (AvgIpc) is 2.42. The van der Waals surface area contributed by atoms with Crippen LogP contribution in [0.4, 0.5) is 0 Å². The summed E-state index contributed by atoms with van der Waals surface area (Å²) in [5, 5.41) is 11.3. The molecule has 0 bridgehead atoms. The van der Waals surface area contributed by atoms with Crippen molar-refractivity contribution in [1.29, 1.82) is 0 Å². The zero-order valence-electron chi connectivity index (χ0n) is 11.0. The van der Waals surface area contributed by atoms with Gasteiger partial charge in [-0.25, -0.2) is 0 Å². The molecule has 0 saturated carbocycles. The van der Waals surface area contributed by atoms with Crippen LogP contribution in [0.15, 0.2) is 24.3 Å². The van der Waals surface area contributed by atoms with E-state index in [2.05, 4.69) is 5.32 Å². The molecule has 0 heterocycles. The van der Waals surface area contributed by atoms with Crippen molar-refractivity contribution in [1.82, 2.24) is 5.32 Å². The molecule has 104 valence electrons. The molecule has 2 N–H and O–H groups in total. The van der Waals surface area contributed by atoms with Crippen molar-refractivity contribution in [3.8, 4) is 5.75 Å². The molecule has 0 aliphatic heterocycles. The van der Waals surface area contributed by atoms with E-state index in [1.54, 1.807) is 18.2 Å². The van der Waals surface area contributed by atoms with Crippen LogP contribution in [0.2, 0.25) is 0 Å². The third kappa shape index (κ3) is 5.42. The van der Waals surface area contributed by atoms with Crippen LogP contribution < -0.4 is 10.1 Å². The van der Waals surface area contributed by atoms with E-state index in [4.69, 9.17) is 9.84 Å². The van der Waals surface area contributed by atoms with Crippen molar-refractivity contribution in [2.24, 2.45) is 0 Å². The molecule has 0 unspecified atom stereocenters. The van der Waals surface area contributed by atoms with E-state index >= 15 is 0 Å². The van der Waals surface area contributed by atoms with Crippen molar-refractivity contribution in [2.75, 3.05) is 13.7 Å². The first-order chi connectivity index (χ1) is 9.15. The number of methoxy groups -OCH3 is 1. The predicted molar refractivity (Wildman–Crippen MR) is 71.4 cm³/mol. The molecule has 0 atom stereocenters. The second-order valence-corrected chi connectivity index (χ2v) is 4.16. The van der Waals surface area contributed by atoms with Gasteiger partial charge in [0.25, 0.3) is 5.91 Å². The Balaban J connectivity index is 2.29. The van der Waals surface area contributed by atoms with Crippen LogP contribution >= 0.6 is 0 Å². The minimum absolute atomic E-state index is 0.171. The van der Waals surface area contributed by atoms with Crippen LogP contribution in [0.1, 0.15) is 36.0 Å². The van der Waals surface area contributed by atoms with Crippen molar-refractivity contribution in [2.45, 2.75) is 25.7 Å². The SMILES string of the molecule is COc1ccccc1C(=O)NCCCCCC(=O)O. The molecule has 1 aromatic rings. The summed E-state index contributed by atoms with van der Waals surface area (Å²) in [6.07, 6.45) is 2.38. The first-order valence-electron chi connectivity index (χ1n) is 6.28. The smallest absolute Gasteiger partial charge is 0.303 e. The summed E-state index contributed by atoms with van der Waals surface area (Å²) in [4.78, 5) is 22.2. The zero-order chi connectivity index (χ0) is 14.1. The highest BCUT2D eigenvalue weighted by molar-refractivity contribution is 5.96. The zero-order valence-corrected chi connectivity index (χ0v) is 11.0. The summed E-state index contributed by atoms with van der Waals surface area (Å²) in [6.45, 7) is 0.538. The number of benzene rings is 1. The molecule has 0 radical (unpaired) electrons. The average molecular weight is 265 g/mol. The molecule has 0 spiro atoms. The lowest BCUT2D eigenvalue weighted by molar-refractivity contribution is -0.137. The van der Waals surface area contributed by atoms with Gasteiger partial charge in [-0.2, -0.15) is 0 Å². The Kier molecular flexibility index (Phi) is 6.43. The third-order valence-electron chi connectivity index (χ3n) is 2.70. The van der Waals surface area contributed by atoms with Gasteiger partial charge >= 0.3 is 5.97 Å². The molecular weight excluding hydrogens is 246 g/mol. The van der Waals surface area contributed by atoms with Crippen molar-refractivity contribution in [3.05, 3.63) is 29.8 Å². The maximum absolute atomic E-state index is 11.9. The Morgan fingerprint density at radius 1 is 1.21 bits per heavy atom. The molecule has 5 nitrogen and oxygen atoms in total. The molecule has 1 aromatic carbocycles. The van der Waals surface area contributed by atoms with Gasteiger partial charge in [0.05, 0.1) is 12.7 Å². The Morgan fingerprint density at radius 2 is 1.95 bits per heavy atom. The van der Waals surface area contributed by atoms with Crippen LogP contribution in [0.25, 0.3) is 0 Å². The maximum atomic E-state index is 11.9. The van der Waals surface area contributed by atoms with E-state index in [0.717, 1.165) is 12.8 Å². The maximum Gasteiger partial charge on any atom is 0.303 e. The highest BCUT2D eigenvalue weighted by Crippen LogP contribution is 2.16. The quantitative estimate of drug-likeness (QED) is 0.705. The van der Waals surface area contributed by atoms with E-state index in [9.17, 15) is 9.59 Å². The number of ether oxygens (including phenoxy) is 1. The Hall–Kier alpha value is -2.04. The summed E-state index contributed by atoms with van der Waals surface area (Å²) in [5.74, 6) is -0.403. The molecule has 1 rings (SSSR count). The molecule has 5 heteroatoms. The van der Waals surface area contributed by atoms with E-state index in [1.165, 1.54) is 7.11 Å². The normalized spacial score (nSPS) is 9.95. The predicted octanol–water partition coefficient (Wildman–Crippen LogP) is 2.07. The van der Waals surface area contributed by atoms with Gasteiger partial charge in [-0.15, -0.1) is 0 Å². The number of hydrogen-bond donors (Lipinski definition) is 2. The second kappa shape index (κ2) is 8.13. The van der Waals surface area contributed by atoms with Crippen LogP contribution in [-0.4, -0.2) is 30.6 Å². The monoisotopic (exact) mass is 265 g/mol. The van der Waals surface area contributed by atoms with Crippen molar-refractivity contribution in [3.63, 3.8) is 0 Å². The Bertz CT molecular complexity index is 431. The molecule has 0 aromatic heterocycles. The number of carboxylic acids is 1. The van der Waals surface area contributed by atoms with Gasteiger partial charge in [-0.1, -0.05) is 18.6 Å². The summed E-state index contributed by atoms with van der Waals surface area (Å²) in [5.41, 5.74) is 0.510. The van der Waals surface area contributed by atoms with Crippen molar-refractivity contribution < 1.29 is 19.4 Å². The number of para-hydroxylation sites is 1. The number of unbranched alkanes of at least 4 members (excludes halogenated alkanes) is 2. The highest BCUT2D eigenvalue weighted by atomic mass is 16.5. The molecule has 0 saturated heterocycles. The van der Waals surface area contributed by atoms with Gasteiger partial charge in [0.2, 0.25) is 0 Å². The molecular formula is C14H19NO4. The van der Waals surface area contributed by atoms with Gasteiger partial charge in [-0.3, -0.25) is 9.59 Å². The number of carbonyl (C=O) groups is 2. The minimum atomic E-state index is -0.780. The standard InChI is InChI=1S/C14H19NO4/c1-19-12-8-5-4-7-11(12)14(18)15-10-6-2-3-9-13(16)17/h4-5,7-8H,2-3,6,9-10H2,1H3,(H,15,18)(H,16,17). The molecule has 0 aliphatic carbocycles. The number of hydrogen-bond acceptors (Lipinski definition) is 3. The summed E-state index contributed by atoms with van der Waals surface area (Å²) in [7, 11) is 1.53. The fourth-order valence-corrected chi connectivity index (χ4v) is 1.71. The topological polar surface area (TPSA) is 75.6 Å². The van der Waals surface area contributed by atoms with Gasteiger partial charge < -0.3 is 15.2 Å². The number of carboxylic acid groups (broad SMARTS) is 1. The molecule has 19 heavy (non-hydrogen) atoms. The van der Waals surface area contributed by atoms with E-state index in [-0.39, 0.29) is 12.3 Å². The molecule has 1 amide bonds. The van der Waals surface area contributed by atoms with Gasteiger partial charge in [0.1, 0.15) is 5.75 Å². The van der Waals surface area contributed by atoms with E-state index in [0.29, 0.717) is 24.3 Å².